The first kappa shape index (κ1) is 40.3. The number of rotatable bonds is 8. The summed E-state index contributed by atoms with van der Waals surface area (Å²) < 4.78 is 119. The SMILES string of the molecule is FC1(F)CCN(c2nc(NCc3ccc(C(F)(F)F)cc3)nc3ccccc23)CC1.Fc1ccc(CNc2nc(N3CCC(F)(F)CC3)c3ccccc3n2)c(F)c1. The van der Waals surface area contributed by atoms with Crippen molar-refractivity contribution in [2.24, 2.45) is 0 Å². The third-order valence-electron chi connectivity index (χ3n) is 9.94. The van der Waals surface area contributed by atoms with Gasteiger partial charge >= 0.3 is 6.18 Å². The minimum Gasteiger partial charge on any atom is -0.355 e. The van der Waals surface area contributed by atoms with Crippen LogP contribution in [0.3, 0.4) is 0 Å². The molecule has 0 unspecified atom stereocenters. The van der Waals surface area contributed by atoms with Crippen molar-refractivity contribution in [3.63, 3.8) is 0 Å². The zero-order valence-electron chi connectivity index (χ0n) is 30.8. The van der Waals surface area contributed by atoms with Gasteiger partial charge in [-0.3, -0.25) is 0 Å². The Morgan fingerprint density at radius 3 is 1.50 bits per heavy atom. The van der Waals surface area contributed by atoms with Crippen LogP contribution >= 0.6 is 0 Å². The lowest BCUT2D eigenvalue weighted by Crippen LogP contribution is -2.40. The van der Waals surface area contributed by atoms with Gasteiger partial charge in [-0.25, -0.2) is 36.3 Å². The van der Waals surface area contributed by atoms with Crippen LogP contribution in [-0.4, -0.2) is 58.0 Å². The highest BCUT2D eigenvalue weighted by molar-refractivity contribution is 5.91. The molecule has 2 aliphatic heterocycles. The molecular formula is C41H37F9N8. The number of aromatic nitrogens is 4. The topological polar surface area (TPSA) is 82.1 Å². The van der Waals surface area contributed by atoms with E-state index in [4.69, 9.17) is 0 Å². The third-order valence-corrected chi connectivity index (χ3v) is 9.94. The van der Waals surface area contributed by atoms with Crippen LogP contribution in [0.25, 0.3) is 21.8 Å². The van der Waals surface area contributed by atoms with Gasteiger partial charge in [0.1, 0.15) is 23.3 Å². The monoisotopic (exact) mass is 812 g/mol. The number of para-hydroxylation sites is 2. The van der Waals surface area contributed by atoms with Crippen LogP contribution in [0, 0.1) is 11.6 Å². The fraction of sp³-hybridized carbons (Fsp3) is 0.317. The fourth-order valence-electron chi connectivity index (χ4n) is 6.68. The van der Waals surface area contributed by atoms with E-state index < -0.39 is 35.2 Å². The second-order valence-electron chi connectivity index (χ2n) is 14.1. The lowest BCUT2D eigenvalue weighted by molar-refractivity contribution is -0.137. The molecule has 304 valence electrons. The number of nitrogens with zero attached hydrogens (tertiary/aromatic N) is 6. The van der Waals surface area contributed by atoms with Gasteiger partial charge in [-0.2, -0.15) is 23.1 Å². The first-order valence-corrected chi connectivity index (χ1v) is 18.5. The molecule has 0 aliphatic carbocycles. The number of benzene rings is 4. The molecule has 0 atom stereocenters. The molecule has 8 rings (SSSR count). The molecule has 0 spiro atoms. The largest absolute Gasteiger partial charge is 0.416 e. The highest BCUT2D eigenvalue weighted by Crippen LogP contribution is 2.35. The number of alkyl halides is 7. The maximum Gasteiger partial charge on any atom is 0.416 e. The van der Waals surface area contributed by atoms with Crippen molar-refractivity contribution in [3.05, 3.63) is 119 Å². The summed E-state index contributed by atoms with van der Waals surface area (Å²) in [6, 6.07) is 22.8. The quantitative estimate of drug-likeness (QED) is 0.147. The number of halogens is 9. The molecule has 8 nitrogen and oxygen atoms in total. The van der Waals surface area contributed by atoms with Crippen LogP contribution in [-0.2, 0) is 19.3 Å². The molecule has 0 amide bonds. The van der Waals surface area contributed by atoms with E-state index in [0.29, 0.717) is 34.2 Å². The maximum absolute atomic E-state index is 13.8. The van der Waals surface area contributed by atoms with Crippen molar-refractivity contribution in [1.29, 1.82) is 0 Å². The van der Waals surface area contributed by atoms with E-state index in [-0.39, 0.29) is 76.5 Å². The highest BCUT2D eigenvalue weighted by atomic mass is 19.4. The van der Waals surface area contributed by atoms with E-state index in [1.165, 1.54) is 24.3 Å². The number of nitrogens with one attached hydrogen (secondary N) is 2. The maximum atomic E-state index is 13.8. The minimum atomic E-state index is -4.38. The second kappa shape index (κ2) is 16.5. The summed E-state index contributed by atoms with van der Waals surface area (Å²) in [5.41, 5.74) is 1.52. The molecule has 6 aromatic rings. The smallest absolute Gasteiger partial charge is 0.355 e. The molecule has 0 radical (unpaired) electrons. The van der Waals surface area contributed by atoms with E-state index in [9.17, 15) is 39.5 Å². The van der Waals surface area contributed by atoms with E-state index >= 15 is 0 Å². The number of hydrogen-bond donors (Lipinski definition) is 2. The lowest BCUT2D eigenvalue weighted by Gasteiger charge is -2.33. The average Bonchev–Trinajstić information content (AvgIpc) is 3.19. The molecule has 2 aromatic heterocycles. The standard InChI is InChI=1S/C21H19F5N4.C20H18F4N4/c22-20(23)9-11-30(12-10-20)18-16-3-1-2-4-17(16)28-19(29-18)27-13-14-5-7-15(8-6-14)21(24,25)26;21-14-6-5-13(16(22)11-14)12-25-19-26-17-4-2-1-3-15(17)18(27-19)28-9-7-20(23,24)8-10-28/h1-8H,9-13H2,(H,27,28,29);1-6,11H,7-10,12H2,(H,25,26,27). The number of anilines is 4. The Hall–Kier alpha value is -5.87. The predicted octanol–water partition coefficient (Wildman–Crippen LogP) is 10.3. The van der Waals surface area contributed by atoms with Gasteiger partial charge in [-0.05, 0) is 48.0 Å². The zero-order valence-corrected chi connectivity index (χ0v) is 30.8. The van der Waals surface area contributed by atoms with Crippen LogP contribution < -0.4 is 20.4 Å². The van der Waals surface area contributed by atoms with Gasteiger partial charge in [0.15, 0.2) is 0 Å². The Morgan fingerprint density at radius 2 is 1.03 bits per heavy atom. The second-order valence-corrected chi connectivity index (χ2v) is 14.1. The van der Waals surface area contributed by atoms with Crippen molar-refractivity contribution >= 4 is 45.3 Å². The molecule has 58 heavy (non-hydrogen) atoms. The van der Waals surface area contributed by atoms with Crippen LogP contribution in [0.4, 0.5) is 63.0 Å². The number of fused-ring (bicyclic) bond motifs is 2. The van der Waals surface area contributed by atoms with Gasteiger partial charge in [0.05, 0.1) is 16.6 Å². The summed E-state index contributed by atoms with van der Waals surface area (Å²) in [6.45, 7) is 1.06. The predicted molar refractivity (Wildman–Crippen MR) is 204 cm³/mol. The first-order valence-electron chi connectivity index (χ1n) is 18.5. The molecule has 2 saturated heterocycles. The van der Waals surface area contributed by atoms with E-state index in [1.54, 1.807) is 0 Å². The Labute approximate surface area is 327 Å². The molecule has 17 heteroatoms. The van der Waals surface area contributed by atoms with E-state index in [0.717, 1.165) is 29.0 Å². The Balaban J connectivity index is 0.000000177. The molecule has 2 aliphatic rings. The summed E-state index contributed by atoms with van der Waals surface area (Å²) in [4.78, 5) is 21.6. The molecule has 4 heterocycles. The van der Waals surface area contributed by atoms with Crippen molar-refractivity contribution < 1.29 is 39.5 Å². The molecular weight excluding hydrogens is 775 g/mol. The van der Waals surface area contributed by atoms with Crippen LogP contribution in [0.15, 0.2) is 91.0 Å². The zero-order chi connectivity index (χ0) is 41.1. The number of hydrogen-bond acceptors (Lipinski definition) is 8. The average molecular weight is 813 g/mol. The van der Waals surface area contributed by atoms with Gasteiger partial charge in [0, 0.05) is 87.4 Å². The third kappa shape index (κ3) is 9.80. The van der Waals surface area contributed by atoms with Crippen molar-refractivity contribution in [1.82, 2.24) is 19.9 Å². The van der Waals surface area contributed by atoms with Crippen LogP contribution in [0.5, 0.6) is 0 Å². The summed E-state index contributed by atoms with van der Waals surface area (Å²) in [7, 11) is 0. The Bertz CT molecular complexity index is 2350. The summed E-state index contributed by atoms with van der Waals surface area (Å²) >= 11 is 0. The molecule has 0 saturated carbocycles. The highest BCUT2D eigenvalue weighted by Gasteiger charge is 2.36. The lowest BCUT2D eigenvalue weighted by atomic mass is 10.1. The van der Waals surface area contributed by atoms with Gasteiger partial charge in [-0.15, -0.1) is 0 Å². The molecule has 2 fully saturated rings. The van der Waals surface area contributed by atoms with Crippen LogP contribution in [0.1, 0.15) is 42.4 Å². The summed E-state index contributed by atoms with van der Waals surface area (Å²) in [5.74, 6) is -4.92. The summed E-state index contributed by atoms with van der Waals surface area (Å²) in [6.07, 6.45) is -5.31. The van der Waals surface area contributed by atoms with Crippen molar-refractivity contribution in [2.75, 3.05) is 46.6 Å². The van der Waals surface area contributed by atoms with E-state index in [1.807, 2.05) is 58.3 Å². The van der Waals surface area contributed by atoms with Crippen molar-refractivity contribution in [3.8, 4) is 0 Å². The van der Waals surface area contributed by atoms with Gasteiger partial charge in [0.25, 0.3) is 11.8 Å². The van der Waals surface area contributed by atoms with Gasteiger partial charge < -0.3 is 20.4 Å². The van der Waals surface area contributed by atoms with Crippen molar-refractivity contribution in [2.45, 2.75) is 56.8 Å². The van der Waals surface area contributed by atoms with Gasteiger partial charge in [0.2, 0.25) is 11.9 Å². The molecule has 2 N–H and O–H groups in total. The molecule has 4 aromatic carbocycles. The van der Waals surface area contributed by atoms with Crippen LogP contribution in [0.2, 0.25) is 0 Å². The number of piperidine rings is 2. The first-order chi connectivity index (χ1) is 27.6. The fourth-order valence-corrected chi connectivity index (χ4v) is 6.68. The minimum absolute atomic E-state index is 0.0714. The Morgan fingerprint density at radius 1 is 0.569 bits per heavy atom. The molecule has 0 bridgehead atoms. The Kier molecular flexibility index (Phi) is 11.5. The summed E-state index contributed by atoms with van der Waals surface area (Å²) in [5, 5.41) is 7.51. The van der Waals surface area contributed by atoms with Gasteiger partial charge in [-0.1, -0.05) is 42.5 Å². The normalized spacial score (nSPS) is 16.5. The van der Waals surface area contributed by atoms with E-state index in [2.05, 4.69) is 30.6 Å².